The minimum atomic E-state index is -4.33. The van der Waals surface area contributed by atoms with Crippen LogP contribution in [-0.2, 0) is 12.7 Å². The topological polar surface area (TPSA) is 42.7 Å². The third kappa shape index (κ3) is 2.76. The fourth-order valence-electron chi connectivity index (χ4n) is 1.91. The van der Waals surface area contributed by atoms with Crippen LogP contribution in [0.25, 0.3) is 11.4 Å². The molecule has 0 saturated heterocycles. The minimum absolute atomic E-state index is 0.553. The van der Waals surface area contributed by atoms with Gasteiger partial charge in [0.2, 0.25) is 5.95 Å². The molecule has 1 heterocycles. The van der Waals surface area contributed by atoms with Crippen LogP contribution >= 0.6 is 0 Å². The summed E-state index contributed by atoms with van der Waals surface area (Å²) in [5.74, 6) is 1.17. The molecule has 0 fully saturated rings. The molecule has 0 aliphatic carbocycles. The smallest absolute Gasteiger partial charge is 0.355 e. The summed E-state index contributed by atoms with van der Waals surface area (Å²) in [6.07, 6.45) is -4.33. The van der Waals surface area contributed by atoms with Crippen molar-refractivity contribution in [2.75, 3.05) is 11.9 Å². The number of halogens is 3. The van der Waals surface area contributed by atoms with Gasteiger partial charge in [-0.3, -0.25) is 4.57 Å². The van der Waals surface area contributed by atoms with E-state index in [0.717, 1.165) is 12.1 Å². The Morgan fingerprint density at radius 2 is 1.75 bits per heavy atom. The summed E-state index contributed by atoms with van der Waals surface area (Å²) in [6, 6.07) is 4.93. The monoisotopic (exact) mass is 284 g/mol. The van der Waals surface area contributed by atoms with Crippen molar-refractivity contribution >= 4 is 5.95 Å². The molecule has 1 N–H and O–H groups in total. The van der Waals surface area contributed by atoms with Crippen LogP contribution in [0, 0.1) is 0 Å². The molecule has 0 amide bonds. The number of alkyl halides is 3. The van der Waals surface area contributed by atoms with Gasteiger partial charge in [-0.15, -0.1) is 10.2 Å². The van der Waals surface area contributed by atoms with Gasteiger partial charge in [0.25, 0.3) is 0 Å². The van der Waals surface area contributed by atoms with E-state index >= 15 is 0 Å². The first-order valence-electron chi connectivity index (χ1n) is 6.32. The molecule has 0 bridgehead atoms. The lowest BCUT2D eigenvalue weighted by Crippen LogP contribution is -2.07. The average molecular weight is 284 g/mol. The Bertz CT molecular complexity index is 572. The highest BCUT2D eigenvalue weighted by atomic mass is 19.4. The van der Waals surface area contributed by atoms with Gasteiger partial charge < -0.3 is 5.32 Å². The minimum Gasteiger partial charge on any atom is -0.355 e. The summed E-state index contributed by atoms with van der Waals surface area (Å²) >= 11 is 0. The van der Waals surface area contributed by atoms with E-state index in [9.17, 15) is 13.2 Å². The molecular formula is C13H15F3N4. The first-order valence-corrected chi connectivity index (χ1v) is 6.32. The normalized spacial score (nSPS) is 11.7. The third-order valence-corrected chi connectivity index (χ3v) is 2.87. The molecule has 0 spiro atoms. The number of benzene rings is 1. The van der Waals surface area contributed by atoms with E-state index in [1.165, 1.54) is 12.1 Å². The van der Waals surface area contributed by atoms with Crippen molar-refractivity contribution in [2.45, 2.75) is 26.6 Å². The van der Waals surface area contributed by atoms with E-state index in [2.05, 4.69) is 15.5 Å². The van der Waals surface area contributed by atoms with Crippen molar-refractivity contribution in [3.8, 4) is 11.4 Å². The summed E-state index contributed by atoms with van der Waals surface area (Å²) in [6.45, 7) is 5.20. The summed E-state index contributed by atoms with van der Waals surface area (Å²) in [5, 5.41) is 11.1. The zero-order valence-electron chi connectivity index (χ0n) is 11.2. The molecule has 7 heteroatoms. The number of hydrogen-bond donors (Lipinski definition) is 1. The Labute approximate surface area is 114 Å². The SMILES string of the molecule is CCNc1nnc(-c2ccc(C(F)(F)F)cc2)n1CC. The highest BCUT2D eigenvalue weighted by molar-refractivity contribution is 5.58. The molecule has 1 aromatic heterocycles. The van der Waals surface area contributed by atoms with Gasteiger partial charge in [0.15, 0.2) is 5.82 Å². The van der Waals surface area contributed by atoms with Crippen LogP contribution in [0.15, 0.2) is 24.3 Å². The Kier molecular flexibility index (Phi) is 3.96. The van der Waals surface area contributed by atoms with Crippen LogP contribution < -0.4 is 5.32 Å². The second-order valence-electron chi connectivity index (χ2n) is 4.20. The highest BCUT2D eigenvalue weighted by Crippen LogP contribution is 2.30. The maximum atomic E-state index is 12.5. The lowest BCUT2D eigenvalue weighted by atomic mass is 10.1. The largest absolute Gasteiger partial charge is 0.416 e. The number of nitrogens with one attached hydrogen (secondary N) is 1. The van der Waals surface area contributed by atoms with Gasteiger partial charge in [-0.25, -0.2) is 0 Å². The first kappa shape index (κ1) is 14.4. The van der Waals surface area contributed by atoms with Crippen LogP contribution in [-0.4, -0.2) is 21.3 Å². The van der Waals surface area contributed by atoms with Crippen LogP contribution in [0.2, 0.25) is 0 Å². The molecular weight excluding hydrogens is 269 g/mol. The molecule has 0 radical (unpaired) electrons. The number of hydrogen-bond acceptors (Lipinski definition) is 3. The molecule has 0 unspecified atom stereocenters. The van der Waals surface area contributed by atoms with Gasteiger partial charge in [0, 0.05) is 18.7 Å². The fraction of sp³-hybridized carbons (Fsp3) is 0.385. The summed E-state index contributed by atoms with van der Waals surface area (Å²) in [7, 11) is 0. The van der Waals surface area contributed by atoms with Gasteiger partial charge >= 0.3 is 6.18 Å². The maximum absolute atomic E-state index is 12.5. The zero-order valence-corrected chi connectivity index (χ0v) is 11.2. The van der Waals surface area contributed by atoms with Gasteiger partial charge in [-0.1, -0.05) is 12.1 Å². The van der Waals surface area contributed by atoms with Crippen molar-refractivity contribution in [3.63, 3.8) is 0 Å². The Balaban J connectivity index is 2.37. The summed E-state index contributed by atoms with van der Waals surface area (Å²) < 4.78 is 39.4. The number of nitrogens with zero attached hydrogens (tertiary/aromatic N) is 3. The molecule has 0 aliphatic rings. The van der Waals surface area contributed by atoms with E-state index < -0.39 is 11.7 Å². The maximum Gasteiger partial charge on any atom is 0.416 e. The second-order valence-corrected chi connectivity index (χ2v) is 4.20. The van der Waals surface area contributed by atoms with E-state index in [1.54, 1.807) is 0 Å². The van der Waals surface area contributed by atoms with Crippen LogP contribution in [0.3, 0.4) is 0 Å². The van der Waals surface area contributed by atoms with Crippen molar-refractivity contribution in [3.05, 3.63) is 29.8 Å². The van der Waals surface area contributed by atoms with E-state index in [1.807, 2.05) is 18.4 Å². The molecule has 1 aromatic carbocycles. The van der Waals surface area contributed by atoms with Gasteiger partial charge in [0.05, 0.1) is 5.56 Å². The molecule has 0 atom stereocenters. The molecule has 2 aromatic rings. The number of aromatic nitrogens is 3. The predicted octanol–water partition coefficient (Wildman–Crippen LogP) is 3.42. The van der Waals surface area contributed by atoms with E-state index in [0.29, 0.717) is 30.4 Å². The molecule has 108 valence electrons. The lowest BCUT2D eigenvalue weighted by Gasteiger charge is -2.09. The standard InChI is InChI=1S/C13H15F3N4/c1-3-17-12-19-18-11(20(12)4-2)9-5-7-10(8-6-9)13(14,15)16/h5-8H,3-4H2,1-2H3,(H,17,19). The van der Waals surface area contributed by atoms with Crippen LogP contribution in [0.5, 0.6) is 0 Å². The lowest BCUT2D eigenvalue weighted by molar-refractivity contribution is -0.137. The third-order valence-electron chi connectivity index (χ3n) is 2.87. The molecule has 20 heavy (non-hydrogen) atoms. The van der Waals surface area contributed by atoms with Crippen molar-refractivity contribution in [1.82, 2.24) is 14.8 Å². The van der Waals surface area contributed by atoms with Gasteiger partial charge in [-0.05, 0) is 26.0 Å². The fourth-order valence-corrected chi connectivity index (χ4v) is 1.91. The highest BCUT2D eigenvalue weighted by Gasteiger charge is 2.30. The second kappa shape index (κ2) is 5.52. The molecule has 2 rings (SSSR count). The first-order chi connectivity index (χ1) is 9.47. The predicted molar refractivity (Wildman–Crippen MR) is 70.3 cm³/mol. The van der Waals surface area contributed by atoms with Crippen LogP contribution in [0.4, 0.5) is 19.1 Å². The van der Waals surface area contributed by atoms with E-state index in [4.69, 9.17) is 0 Å². The molecule has 4 nitrogen and oxygen atoms in total. The van der Waals surface area contributed by atoms with Crippen molar-refractivity contribution < 1.29 is 13.2 Å². The molecule has 0 saturated carbocycles. The quantitative estimate of drug-likeness (QED) is 0.935. The average Bonchev–Trinajstić information content (AvgIpc) is 2.81. The van der Waals surface area contributed by atoms with Crippen molar-refractivity contribution in [2.24, 2.45) is 0 Å². The number of rotatable bonds is 4. The number of anilines is 1. The van der Waals surface area contributed by atoms with Gasteiger partial charge in [0.1, 0.15) is 0 Å². The Morgan fingerprint density at radius 3 is 2.25 bits per heavy atom. The Morgan fingerprint density at radius 1 is 1.10 bits per heavy atom. The molecule has 0 aliphatic heterocycles. The zero-order chi connectivity index (χ0) is 14.8. The summed E-state index contributed by atoms with van der Waals surface area (Å²) in [5.41, 5.74) is -0.0628. The van der Waals surface area contributed by atoms with E-state index in [-0.39, 0.29) is 0 Å². The van der Waals surface area contributed by atoms with Gasteiger partial charge in [-0.2, -0.15) is 13.2 Å². The van der Waals surface area contributed by atoms with Crippen LogP contribution in [0.1, 0.15) is 19.4 Å². The summed E-state index contributed by atoms with van der Waals surface area (Å²) in [4.78, 5) is 0. The van der Waals surface area contributed by atoms with Crippen molar-refractivity contribution in [1.29, 1.82) is 0 Å². The Hall–Kier alpha value is -2.05.